The van der Waals surface area contributed by atoms with Gasteiger partial charge >= 0.3 is 0 Å². The highest BCUT2D eigenvalue weighted by molar-refractivity contribution is 4.84. The van der Waals surface area contributed by atoms with Gasteiger partial charge in [0.1, 0.15) is 12.2 Å². The fraction of sp³-hybridized carbons (Fsp3) is 0.857. The molecule has 1 aromatic rings. The Morgan fingerprint density at radius 3 is 2.79 bits per heavy atom. The van der Waals surface area contributed by atoms with Crippen molar-refractivity contribution in [3.05, 3.63) is 12.2 Å². The Hall–Kier alpha value is -0.940. The highest BCUT2D eigenvalue weighted by Crippen LogP contribution is 2.23. The molecule has 1 aliphatic rings. The third kappa shape index (κ3) is 4.58. The molecule has 5 heteroatoms. The van der Waals surface area contributed by atoms with Crippen LogP contribution in [0.1, 0.15) is 45.4 Å². The molecule has 1 aromatic heterocycles. The van der Waals surface area contributed by atoms with Crippen LogP contribution in [0.5, 0.6) is 0 Å². The van der Waals surface area contributed by atoms with Gasteiger partial charge in [-0.3, -0.25) is 0 Å². The first kappa shape index (κ1) is 14.5. The normalized spacial score (nSPS) is 24.0. The van der Waals surface area contributed by atoms with Gasteiger partial charge in [-0.15, -0.1) is 0 Å². The molecule has 0 aromatic carbocycles. The quantitative estimate of drug-likeness (QED) is 0.820. The van der Waals surface area contributed by atoms with Gasteiger partial charge in [0.2, 0.25) is 0 Å². The Morgan fingerprint density at radius 1 is 1.37 bits per heavy atom. The van der Waals surface area contributed by atoms with Gasteiger partial charge < -0.3 is 10.4 Å². The Balaban J connectivity index is 1.72. The molecule has 108 valence electrons. The number of aliphatic hydroxyl groups is 1. The van der Waals surface area contributed by atoms with E-state index in [2.05, 4.69) is 29.2 Å². The van der Waals surface area contributed by atoms with Crippen LogP contribution < -0.4 is 5.32 Å². The summed E-state index contributed by atoms with van der Waals surface area (Å²) in [6, 6.07) is 0. The van der Waals surface area contributed by atoms with Crippen LogP contribution in [0, 0.1) is 11.8 Å². The van der Waals surface area contributed by atoms with Crippen molar-refractivity contribution in [2.24, 2.45) is 11.8 Å². The molecule has 0 unspecified atom stereocenters. The van der Waals surface area contributed by atoms with Crippen LogP contribution in [-0.4, -0.2) is 32.5 Å². The molecule has 1 heterocycles. The minimum atomic E-state index is -0.0645. The van der Waals surface area contributed by atoms with Crippen molar-refractivity contribution >= 4 is 0 Å². The number of nitrogens with one attached hydrogen (secondary N) is 1. The standard InChI is InChI=1S/C14H26N4O/c1-11(2)9-18-14(16-10-17-18)8-15-7-12-3-5-13(19)6-4-12/h10-13,15,19H,3-9H2,1-2H3. The average molecular weight is 266 g/mol. The molecule has 1 fully saturated rings. The van der Waals surface area contributed by atoms with Crippen molar-refractivity contribution in [1.82, 2.24) is 20.1 Å². The van der Waals surface area contributed by atoms with E-state index >= 15 is 0 Å². The van der Waals surface area contributed by atoms with Crippen LogP contribution in [0.15, 0.2) is 6.33 Å². The minimum absolute atomic E-state index is 0.0645. The first-order valence-electron chi connectivity index (χ1n) is 7.40. The molecule has 2 rings (SSSR count). The number of aliphatic hydroxyl groups excluding tert-OH is 1. The lowest BCUT2D eigenvalue weighted by molar-refractivity contribution is 0.108. The summed E-state index contributed by atoms with van der Waals surface area (Å²) in [5.41, 5.74) is 0. The van der Waals surface area contributed by atoms with Gasteiger partial charge in [-0.2, -0.15) is 5.10 Å². The number of rotatable bonds is 6. The number of hydrogen-bond acceptors (Lipinski definition) is 4. The Labute approximate surface area is 115 Å². The van der Waals surface area contributed by atoms with Crippen LogP contribution in [0.3, 0.4) is 0 Å². The molecule has 0 radical (unpaired) electrons. The molecule has 0 amide bonds. The molecule has 0 spiro atoms. The number of aromatic nitrogens is 3. The molecule has 1 saturated carbocycles. The molecule has 0 bridgehead atoms. The van der Waals surface area contributed by atoms with E-state index in [9.17, 15) is 5.11 Å². The van der Waals surface area contributed by atoms with Gasteiger partial charge in [0, 0.05) is 6.54 Å². The lowest BCUT2D eigenvalue weighted by atomic mass is 9.87. The average Bonchev–Trinajstić information content (AvgIpc) is 2.78. The Bertz CT molecular complexity index is 369. The second-order valence-electron chi connectivity index (χ2n) is 6.06. The Kier molecular flexibility index (Phi) is 5.34. The number of nitrogens with zero attached hydrogens (tertiary/aromatic N) is 3. The van der Waals surface area contributed by atoms with Crippen LogP contribution in [0.4, 0.5) is 0 Å². The van der Waals surface area contributed by atoms with Crippen molar-refractivity contribution in [2.45, 2.75) is 58.7 Å². The van der Waals surface area contributed by atoms with E-state index in [0.29, 0.717) is 11.8 Å². The molecule has 19 heavy (non-hydrogen) atoms. The van der Waals surface area contributed by atoms with Crippen molar-refractivity contribution in [2.75, 3.05) is 6.54 Å². The van der Waals surface area contributed by atoms with Crippen molar-refractivity contribution < 1.29 is 5.11 Å². The van der Waals surface area contributed by atoms with E-state index in [0.717, 1.165) is 51.1 Å². The largest absolute Gasteiger partial charge is 0.393 e. The van der Waals surface area contributed by atoms with E-state index in [1.165, 1.54) is 0 Å². The first-order valence-corrected chi connectivity index (χ1v) is 7.40. The molecule has 2 N–H and O–H groups in total. The molecular weight excluding hydrogens is 240 g/mol. The summed E-state index contributed by atoms with van der Waals surface area (Å²) in [7, 11) is 0. The summed E-state index contributed by atoms with van der Waals surface area (Å²) in [5.74, 6) is 2.30. The molecular formula is C14H26N4O. The van der Waals surface area contributed by atoms with E-state index in [-0.39, 0.29) is 6.10 Å². The zero-order valence-corrected chi connectivity index (χ0v) is 12.0. The maximum absolute atomic E-state index is 9.48. The highest BCUT2D eigenvalue weighted by atomic mass is 16.3. The second-order valence-corrected chi connectivity index (χ2v) is 6.06. The molecule has 0 atom stereocenters. The zero-order chi connectivity index (χ0) is 13.7. The van der Waals surface area contributed by atoms with E-state index in [1.54, 1.807) is 6.33 Å². The fourth-order valence-corrected chi connectivity index (χ4v) is 2.66. The Morgan fingerprint density at radius 2 is 2.11 bits per heavy atom. The summed E-state index contributed by atoms with van der Waals surface area (Å²) < 4.78 is 1.99. The predicted molar refractivity (Wildman–Crippen MR) is 74.5 cm³/mol. The maximum Gasteiger partial charge on any atom is 0.140 e. The van der Waals surface area contributed by atoms with Gasteiger partial charge in [0.05, 0.1) is 12.6 Å². The molecule has 0 aliphatic heterocycles. The lowest BCUT2D eigenvalue weighted by Crippen LogP contribution is -2.28. The van der Waals surface area contributed by atoms with E-state index in [4.69, 9.17) is 0 Å². The zero-order valence-electron chi connectivity index (χ0n) is 12.0. The summed E-state index contributed by atoms with van der Waals surface area (Å²) >= 11 is 0. The SMILES string of the molecule is CC(C)Cn1ncnc1CNCC1CCC(O)CC1. The maximum atomic E-state index is 9.48. The molecule has 0 saturated heterocycles. The molecule has 5 nitrogen and oxygen atoms in total. The summed E-state index contributed by atoms with van der Waals surface area (Å²) in [5, 5.41) is 17.2. The third-order valence-electron chi connectivity index (χ3n) is 3.77. The monoisotopic (exact) mass is 266 g/mol. The van der Waals surface area contributed by atoms with Gasteiger partial charge in [0.25, 0.3) is 0 Å². The fourth-order valence-electron chi connectivity index (χ4n) is 2.66. The smallest absolute Gasteiger partial charge is 0.140 e. The lowest BCUT2D eigenvalue weighted by Gasteiger charge is -2.25. The van der Waals surface area contributed by atoms with Crippen LogP contribution >= 0.6 is 0 Å². The van der Waals surface area contributed by atoms with Crippen molar-refractivity contribution in [1.29, 1.82) is 0 Å². The summed E-state index contributed by atoms with van der Waals surface area (Å²) in [6.45, 7) is 7.10. The second kappa shape index (κ2) is 7.01. The topological polar surface area (TPSA) is 63.0 Å². The van der Waals surface area contributed by atoms with Gasteiger partial charge in [-0.05, 0) is 44.1 Å². The first-order chi connectivity index (χ1) is 9.15. The van der Waals surface area contributed by atoms with Gasteiger partial charge in [-0.25, -0.2) is 9.67 Å². The van der Waals surface area contributed by atoms with Crippen molar-refractivity contribution in [3.8, 4) is 0 Å². The van der Waals surface area contributed by atoms with Crippen LogP contribution in [0.25, 0.3) is 0 Å². The third-order valence-corrected chi connectivity index (χ3v) is 3.77. The highest BCUT2D eigenvalue weighted by Gasteiger charge is 2.19. The molecule has 1 aliphatic carbocycles. The van der Waals surface area contributed by atoms with Crippen molar-refractivity contribution in [3.63, 3.8) is 0 Å². The summed E-state index contributed by atoms with van der Waals surface area (Å²) in [6.07, 6.45) is 5.74. The predicted octanol–water partition coefficient (Wildman–Crippen LogP) is 1.57. The van der Waals surface area contributed by atoms with Gasteiger partial charge in [0.15, 0.2) is 0 Å². The van der Waals surface area contributed by atoms with Gasteiger partial charge in [-0.1, -0.05) is 13.8 Å². The minimum Gasteiger partial charge on any atom is -0.393 e. The summed E-state index contributed by atoms with van der Waals surface area (Å²) in [4.78, 5) is 4.31. The van der Waals surface area contributed by atoms with Crippen LogP contribution in [-0.2, 0) is 13.1 Å². The number of hydrogen-bond donors (Lipinski definition) is 2. The van der Waals surface area contributed by atoms with Crippen LogP contribution in [0.2, 0.25) is 0 Å². The van der Waals surface area contributed by atoms with E-state index in [1.807, 2.05) is 4.68 Å². The van der Waals surface area contributed by atoms with E-state index < -0.39 is 0 Å².